The summed E-state index contributed by atoms with van der Waals surface area (Å²) in [6.07, 6.45) is 2.50. The van der Waals surface area contributed by atoms with E-state index in [-0.39, 0.29) is 17.9 Å². The standard InChI is InChI=1S/C24H29N3O3/c1-18(19-8-3-2-4-9-19)29-17-7-14-25-23(28)20-12-15-27(16-13-20)24-26-21-10-5-6-11-22(21)30-24/h2-6,8-11,18,20H,7,12-17H2,1H3,(H,25,28). The molecule has 1 aromatic heterocycles. The summed E-state index contributed by atoms with van der Waals surface area (Å²) in [6.45, 7) is 4.89. The molecule has 6 nitrogen and oxygen atoms in total. The highest BCUT2D eigenvalue weighted by Crippen LogP contribution is 2.26. The Kier molecular flexibility index (Phi) is 6.64. The minimum atomic E-state index is 0.0507. The Balaban J connectivity index is 1.15. The van der Waals surface area contributed by atoms with Gasteiger partial charge in [0.05, 0.1) is 6.10 Å². The van der Waals surface area contributed by atoms with E-state index < -0.39 is 0 Å². The first-order valence-electron chi connectivity index (χ1n) is 10.8. The summed E-state index contributed by atoms with van der Waals surface area (Å²) < 4.78 is 11.7. The number of hydrogen-bond acceptors (Lipinski definition) is 5. The number of fused-ring (bicyclic) bond motifs is 1. The van der Waals surface area contributed by atoms with Crippen LogP contribution in [0.25, 0.3) is 11.1 Å². The van der Waals surface area contributed by atoms with Crippen LogP contribution < -0.4 is 10.2 Å². The molecule has 0 aliphatic carbocycles. The Morgan fingerprint density at radius 1 is 1.17 bits per heavy atom. The molecule has 3 aromatic rings. The lowest BCUT2D eigenvalue weighted by atomic mass is 9.96. The fourth-order valence-corrected chi connectivity index (χ4v) is 3.84. The first kappa shape index (κ1) is 20.4. The van der Waals surface area contributed by atoms with Gasteiger partial charge in [-0.05, 0) is 43.9 Å². The zero-order valence-corrected chi connectivity index (χ0v) is 17.4. The minimum absolute atomic E-state index is 0.0507. The third-order valence-electron chi connectivity index (χ3n) is 5.68. The van der Waals surface area contributed by atoms with Gasteiger partial charge in [0.1, 0.15) is 5.52 Å². The molecule has 1 N–H and O–H groups in total. The molecule has 30 heavy (non-hydrogen) atoms. The van der Waals surface area contributed by atoms with Crippen LogP contribution in [0.15, 0.2) is 59.0 Å². The number of piperidine rings is 1. The maximum atomic E-state index is 12.5. The predicted octanol–water partition coefficient (Wildman–Crippen LogP) is 4.33. The SMILES string of the molecule is CC(OCCCNC(=O)C1CCN(c2nc3ccccc3o2)CC1)c1ccccc1. The van der Waals surface area contributed by atoms with Crippen molar-refractivity contribution in [2.45, 2.75) is 32.3 Å². The molecule has 0 bridgehead atoms. The third-order valence-corrected chi connectivity index (χ3v) is 5.68. The van der Waals surface area contributed by atoms with E-state index in [2.05, 4.69) is 34.3 Å². The van der Waals surface area contributed by atoms with Gasteiger partial charge >= 0.3 is 0 Å². The van der Waals surface area contributed by atoms with Crippen molar-refractivity contribution < 1.29 is 13.9 Å². The molecule has 6 heteroatoms. The largest absolute Gasteiger partial charge is 0.423 e. The molecule has 0 spiro atoms. The lowest BCUT2D eigenvalue weighted by Gasteiger charge is -2.30. The Morgan fingerprint density at radius 2 is 1.90 bits per heavy atom. The average molecular weight is 408 g/mol. The van der Waals surface area contributed by atoms with Gasteiger partial charge < -0.3 is 19.4 Å². The van der Waals surface area contributed by atoms with Crippen LogP contribution in [0.1, 0.15) is 37.9 Å². The summed E-state index contributed by atoms with van der Waals surface area (Å²) in [5, 5.41) is 3.07. The summed E-state index contributed by atoms with van der Waals surface area (Å²) in [5.41, 5.74) is 2.85. The van der Waals surface area contributed by atoms with Gasteiger partial charge in [-0.1, -0.05) is 42.5 Å². The maximum Gasteiger partial charge on any atom is 0.298 e. The highest BCUT2D eigenvalue weighted by molar-refractivity contribution is 5.79. The zero-order valence-electron chi connectivity index (χ0n) is 17.4. The van der Waals surface area contributed by atoms with Crippen molar-refractivity contribution in [3.05, 3.63) is 60.2 Å². The van der Waals surface area contributed by atoms with Gasteiger partial charge in [-0.2, -0.15) is 4.98 Å². The highest BCUT2D eigenvalue weighted by Gasteiger charge is 2.27. The highest BCUT2D eigenvalue weighted by atomic mass is 16.5. The average Bonchev–Trinajstić information content (AvgIpc) is 3.23. The molecule has 0 saturated carbocycles. The van der Waals surface area contributed by atoms with Crippen molar-refractivity contribution in [1.29, 1.82) is 0 Å². The van der Waals surface area contributed by atoms with Gasteiger partial charge in [0.15, 0.2) is 5.58 Å². The van der Waals surface area contributed by atoms with Crippen molar-refractivity contribution in [3.8, 4) is 0 Å². The van der Waals surface area contributed by atoms with E-state index in [4.69, 9.17) is 9.15 Å². The van der Waals surface area contributed by atoms with Crippen molar-refractivity contribution in [1.82, 2.24) is 10.3 Å². The number of para-hydroxylation sites is 2. The molecule has 1 saturated heterocycles. The Hall–Kier alpha value is -2.86. The predicted molar refractivity (Wildman–Crippen MR) is 117 cm³/mol. The number of oxazole rings is 1. The van der Waals surface area contributed by atoms with Gasteiger partial charge in [0.25, 0.3) is 6.01 Å². The number of benzene rings is 2. The first-order valence-corrected chi connectivity index (χ1v) is 10.8. The van der Waals surface area contributed by atoms with Crippen LogP contribution in [0.2, 0.25) is 0 Å². The summed E-state index contributed by atoms with van der Waals surface area (Å²) in [7, 11) is 0. The molecule has 0 radical (unpaired) electrons. The fraction of sp³-hybridized carbons (Fsp3) is 0.417. The summed E-state index contributed by atoms with van der Waals surface area (Å²) in [4.78, 5) is 19.2. The Labute approximate surface area is 177 Å². The number of nitrogens with one attached hydrogen (secondary N) is 1. The van der Waals surface area contributed by atoms with E-state index in [0.717, 1.165) is 43.5 Å². The lowest BCUT2D eigenvalue weighted by Crippen LogP contribution is -2.41. The summed E-state index contributed by atoms with van der Waals surface area (Å²) in [5.74, 6) is 0.193. The number of anilines is 1. The molecular formula is C24H29N3O3. The molecular weight excluding hydrogens is 378 g/mol. The second-order valence-corrected chi connectivity index (χ2v) is 7.79. The van der Waals surface area contributed by atoms with Crippen LogP contribution in [0, 0.1) is 5.92 Å². The second kappa shape index (κ2) is 9.76. The van der Waals surface area contributed by atoms with E-state index in [1.54, 1.807) is 0 Å². The van der Waals surface area contributed by atoms with Gasteiger partial charge in [-0.15, -0.1) is 0 Å². The molecule has 2 aromatic carbocycles. The van der Waals surface area contributed by atoms with Crippen molar-refractivity contribution in [2.24, 2.45) is 5.92 Å². The van der Waals surface area contributed by atoms with E-state index in [0.29, 0.717) is 19.2 Å². The van der Waals surface area contributed by atoms with Crippen LogP contribution >= 0.6 is 0 Å². The van der Waals surface area contributed by atoms with Crippen molar-refractivity contribution in [3.63, 3.8) is 0 Å². The van der Waals surface area contributed by atoms with Gasteiger partial charge in [-0.25, -0.2) is 0 Å². The van der Waals surface area contributed by atoms with E-state index in [9.17, 15) is 4.79 Å². The van der Waals surface area contributed by atoms with Crippen molar-refractivity contribution >= 4 is 23.0 Å². The Bertz CT molecular complexity index is 915. The number of rotatable bonds is 8. The molecule has 1 aliphatic rings. The van der Waals surface area contributed by atoms with Crippen LogP contribution in [-0.2, 0) is 9.53 Å². The van der Waals surface area contributed by atoms with Crippen LogP contribution in [0.4, 0.5) is 6.01 Å². The molecule has 2 heterocycles. The van der Waals surface area contributed by atoms with Crippen LogP contribution in [0.5, 0.6) is 0 Å². The topological polar surface area (TPSA) is 67.6 Å². The quantitative estimate of drug-likeness (QED) is 0.563. The van der Waals surface area contributed by atoms with Gasteiger partial charge in [-0.3, -0.25) is 4.79 Å². The molecule has 1 unspecified atom stereocenters. The second-order valence-electron chi connectivity index (χ2n) is 7.79. The number of nitrogens with zero attached hydrogens (tertiary/aromatic N) is 2. The van der Waals surface area contributed by atoms with Crippen molar-refractivity contribution in [2.75, 3.05) is 31.1 Å². The number of ether oxygens (including phenoxy) is 1. The molecule has 1 atom stereocenters. The third kappa shape index (κ3) is 5.00. The molecule has 4 rings (SSSR count). The van der Waals surface area contributed by atoms with Gasteiger partial charge in [0.2, 0.25) is 5.91 Å². The monoisotopic (exact) mass is 407 g/mol. The smallest absolute Gasteiger partial charge is 0.298 e. The summed E-state index contributed by atoms with van der Waals surface area (Å²) in [6, 6.07) is 18.6. The fourth-order valence-electron chi connectivity index (χ4n) is 3.84. The number of aromatic nitrogens is 1. The van der Waals surface area contributed by atoms with Gasteiger partial charge in [0, 0.05) is 32.2 Å². The molecule has 1 amide bonds. The molecule has 1 fully saturated rings. The molecule has 1 aliphatic heterocycles. The van der Waals surface area contributed by atoms with E-state index in [1.807, 2.05) is 42.5 Å². The number of hydrogen-bond donors (Lipinski definition) is 1. The zero-order chi connectivity index (χ0) is 20.8. The summed E-state index contributed by atoms with van der Waals surface area (Å²) >= 11 is 0. The number of carbonyl (C=O) groups excluding carboxylic acids is 1. The maximum absolute atomic E-state index is 12.5. The van der Waals surface area contributed by atoms with Crippen LogP contribution in [0.3, 0.4) is 0 Å². The normalized spacial score (nSPS) is 16.0. The van der Waals surface area contributed by atoms with Crippen LogP contribution in [-0.4, -0.2) is 37.1 Å². The van der Waals surface area contributed by atoms with E-state index in [1.165, 1.54) is 5.56 Å². The Morgan fingerprint density at radius 3 is 2.67 bits per heavy atom. The lowest BCUT2D eigenvalue weighted by molar-refractivity contribution is -0.125. The minimum Gasteiger partial charge on any atom is -0.423 e. The molecule has 158 valence electrons. The first-order chi connectivity index (χ1) is 14.7. The number of amides is 1. The number of carbonyl (C=O) groups is 1. The van der Waals surface area contributed by atoms with E-state index >= 15 is 0 Å².